The molecular formula is C29H31ClN4O2S. The van der Waals surface area contributed by atoms with Crippen molar-refractivity contribution < 1.29 is 9.59 Å². The molecule has 0 bridgehead atoms. The van der Waals surface area contributed by atoms with Gasteiger partial charge in [-0.2, -0.15) is 5.10 Å². The van der Waals surface area contributed by atoms with Gasteiger partial charge in [0.05, 0.1) is 16.3 Å². The third-order valence-electron chi connectivity index (χ3n) is 7.08. The Balaban J connectivity index is 1.46. The molecule has 0 spiro atoms. The van der Waals surface area contributed by atoms with Crippen LogP contribution in [0.2, 0.25) is 5.02 Å². The smallest absolute Gasteiger partial charge is 0.264 e. The van der Waals surface area contributed by atoms with E-state index in [1.54, 1.807) is 4.90 Å². The summed E-state index contributed by atoms with van der Waals surface area (Å²) >= 11 is 7.50. The van der Waals surface area contributed by atoms with Crippen LogP contribution in [0.25, 0.3) is 15.9 Å². The van der Waals surface area contributed by atoms with Gasteiger partial charge in [0.2, 0.25) is 5.91 Å². The molecule has 192 valence electrons. The fourth-order valence-corrected chi connectivity index (χ4v) is 6.18. The topological polar surface area (TPSA) is 67.2 Å². The lowest BCUT2D eigenvalue weighted by Gasteiger charge is -2.31. The van der Waals surface area contributed by atoms with Crippen molar-refractivity contribution in [2.75, 3.05) is 0 Å². The number of rotatable bonds is 7. The van der Waals surface area contributed by atoms with Crippen molar-refractivity contribution in [1.82, 2.24) is 20.0 Å². The maximum Gasteiger partial charge on any atom is 0.264 e. The van der Waals surface area contributed by atoms with E-state index in [9.17, 15) is 9.59 Å². The minimum atomic E-state index is -0.623. The third kappa shape index (κ3) is 5.58. The maximum atomic E-state index is 14.0. The largest absolute Gasteiger partial charge is 0.352 e. The van der Waals surface area contributed by atoms with Crippen LogP contribution >= 0.6 is 22.9 Å². The minimum absolute atomic E-state index is 0.109. The highest BCUT2D eigenvalue weighted by Gasteiger charge is 2.30. The van der Waals surface area contributed by atoms with Gasteiger partial charge in [-0.3, -0.25) is 9.59 Å². The number of carbonyl (C=O) groups is 2. The van der Waals surface area contributed by atoms with Crippen molar-refractivity contribution in [2.24, 2.45) is 0 Å². The normalized spacial score (nSPS) is 15.0. The summed E-state index contributed by atoms with van der Waals surface area (Å²) in [5.41, 5.74) is 2.73. The van der Waals surface area contributed by atoms with Gasteiger partial charge in [-0.25, -0.2) is 4.68 Å². The van der Waals surface area contributed by atoms with Crippen LogP contribution in [-0.4, -0.2) is 38.6 Å². The molecule has 0 saturated heterocycles. The molecule has 5 rings (SSSR count). The highest BCUT2D eigenvalue weighted by Crippen LogP contribution is 2.32. The molecule has 1 aliphatic carbocycles. The second-order valence-corrected chi connectivity index (χ2v) is 11.2. The van der Waals surface area contributed by atoms with Gasteiger partial charge in [-0.05, 0) is 62.6 Å². The zero-order valence-electron chi connectivity index (χ0n) is 21.1. The Bertz CT molecular complexity index is 1390. The standard InChI is InChI=1S/C29H31ClN4O2S/c1-19-25-17-26(37-29(25)34(32-19)24-11-7-4-8-12-24)28(36)33(18-21-13-15-22(30)16-14-21)20(2)27(35)31-23-9-5-3-6-10-23/h4,7-8,11-17,20,23H,3,5-6,9-10,18H2,1-2H3,(H,31,35)/t20-/m1/s1. The molecule has 2 aromatic heterocycles. The van der Waals surface area contributed by atoms with Crippen LogP contribution in [0.4, 0.5) is 0 Å². The minimum Gasteiger partial charge on any atom is -0.352 e. The van der Waals surface area contributed by atoms with E-state index in [0.717, 1.165) is 52.8 Å². The molecule has 37 heavy (non-hydrogen) atoms. The Labute approximate surface area is 226 Å². The van der Waals surface area contributed by atoms with Crippen molar-refractivity contribution in [1.29, 1.82) is 0 Å². The lowest BCUT2D eigenvalue weighted by Crippen LogP contribution is -2.50. The number of amides is 2. The number of fused-ring (bicyclic) bond motifs is 1. The number of nitrogens with zero attached hydrogens (tertiary/aromatic N) is 3. The van der Waals surface area contributed by atoms with Gasteiger partial charge in [0.1, 0.15) is 10.9 Å². The van der Waals surface area contributed by atoms with Gasteiger partial charge < -0.3 is 10.2 Å². The van der Waals surface area contributed by atoms with E-state index in [-0.39, 0.29) is 17.9 Å². The second-order valence-electron chi connectivity index (χ2n) is 9.74. The van der Waals surface area contributed by atoms with E-state index in [2.05, 4.69) is 5.32 Å². The molecule has 2 aromatic carbocycles. The Morgan fingerprint density at radius 1 is 1.11 bits per heavy atom. The van der Waals surface area contributed by atoms with Crippen molar-refractivity contribution in [3.05, 3.63) is 81.8 Å². The van der Waals surface area contributed by atoms with E-state index >= 15 is 0 Å². The molecule has 2 heterocycles. The first-order valence-corrected chi connectivity index (χ1v) is 14.0. The zero-order chi connectivity index (χ0) is 25.9. The predicted octanol–water partition coefficient (Wildman–Crippen LogP) is 6.53. The third-order valence-corrected chi connectivity index (χ3v) is 8.43. The number of carbonyl (C=O) groups excluding carboxylic acids is 2. The van der Waals surface area contributed by atoms with E-state index in [1.165, 1.54) is 17.8 Å². The highest BCUT2D eigenvalue weighted by molar-refractivity contribution is 7.20. The summed E-state index contributed by atoms with van der Waals surface area (Å²) in [5.74, 6) is -0.275. The Morgan fingerprint density at radius 3 is 2.51 bits per heavy atom. The summed E-state index contributed by atoms with van der Waals surface area (Å²) in [6.07, 6.45) is 5.47. The van der Waals surface area contributed by atoms with Gasteiger partial charge in [0, 0.05) is 23.0 Å². The number of aryl methyl sites for hydroxylation is 1. The molecule has 1 atom stereocenters. The van der Waals surface area contributed by atoms with Gasteiger partial charge in [0.15, 0.2) is 0 Å². The monoisotopic (exact) mass is 534 g/mol. The number of halogens is 1. The molecule has 1 fully saturated rings. The SMILES string of the molecule is Cc1nn(-c2ccccc2)c2sc(C(=O)N(Cc3ccc(Cl)cc3)[C@H](C)C(=O)NC3CCCCC3)cc12. The molecular weight excluding hydrogens is 504 g/mol. The Hall–Kier alpha value is -3.16. The number of benzene rings is 2. The number of thiophene rings is 1. The summed E-state index contributed by atoms with van der Waals surface area (Å²) in [7, 11) is 0. The first kappa shape index (κ1) is 25.5. The summed E-state index contributed by atoms with van der Waals surface area (Å²) in [4.78, 5) is 30.5. The Morgan fingerprint density at radius 2 is 1.81 bits per heavy atom. The number of hydrogen-bond donors (Lipinski definition) is 1. The van der Waals surface area contributed by atoms with E-state index in [0.29, 0.717) is 16.4 Å². The maximum absolute atomic E-state index is 14.0. The molecule has 2 amide bonds. The van der Waals surface area contributed by atoms with Gasteiger partial charge in [-0.15, -0.1) is 11.3 Å². The quantitative estimate of drug-likeness (QED) is 0.293. The fourth-order valence-electron chi connectivity index (χ4n) is 4.92. The first-order chi connectivity index (χ1) is 17.9. The van der Waals surface area contributed by atoms with Gasteiger partial charge in [0.25, 0.3) is 5.91 Å². The summed E-state index contributed by atoms with van der Waals surface area (Å²) in [6.45, 7) is 4.08. The molecule has 0 unspecified atom stereocenters. The lowest BCUT2D eigenvalue weighted by molar-refractivity contribution is -0.126. The van der Waals surface area contributed by atoms with Crippen molar-refractivity contribution in [3.8, 4) is 5.69 Å². The van der Waals surface area contributed by atoms with E-state index in [1.807, 2.05) is 79.2 Å². The number of hydrogen-bond acceptors (Lipinski definition) is 4. The fraction of sp³-hybridized carbons (Fsp3) is 0.345. The summed E-state index contributed by atoms with van der Waals surface area (Å²) in [5, 5.41) is 9.47. The van der Waals surface area contributed by atoms with Crippen LogP contribution in [0, 0.1) is 6.92 Å². The van der Waals surface area contributed by atoms with Crippen LogP contribution < -0.4 is 5.32 Å². The average molecular weight is 535 g/mol. The van der Waals surface area contributed by atoms with Crippen LogP contribution in [-0.2, 0) is 11.3 Å². The molecule has 1 N–H and O–H groups in total. The first-order valence-electron chi connectivity index (χ1n) is 12.8. The highest BCUT2D eigenvalue weighted by atomic mass is 35.5. The van der Waals surface area contributed by atoms with E-state index < -0.39 is 6.04 Å². The average Bonchev–Trinajstić information content (AvgIpc) is 3.49. The van der Waals surface area contributed by atoms with Crippen LogP contribution in [0.5, 0.6) is 0 Å². The molecule has 6 nitrogen and oxygen atoms in total. The second kappa shape index (κ2) is 11.1. The number of para-hydroxylation sites is 1. The van der Waals surface area contributed by atoms with Crippen molar-refractivity contribution >= 4 is 45.0 Å². The molecule has 8 heteroatoms. The van der Waals surface area contributed by atoms with Crippen molar-refractivity contribution in [3.63, 3.8) is 0 Å². The molecule has 1 aliphatic rings. The van der Waals surface area contributed by atoms with Gasteiger partial charge >= 0.3 is 0 Å². The van der Waals surface area contributed by atoms with E-state index in [4.69, 9.17) is 16.7 Å². The molecule has 1 saturated carbocycles. The summed E-state index contributed by atoms with van der Waals surface area (Å²) in [6, 6.07) is 18.8. The Kier molecular flexibility index (Phi) is 7.63. The zero-order valence-corrected chi connectivity index (χ0v) is 22.7. The number of aromatic nitrogens is 2. The molecule has 0 radical (unpaired) electrons. The number of nitrogens with one attached hydrogen (secondary N) is 1. The van der Waals surface area contributed by atoms with Gasteiger partial charge in [-0.1, -0.05) is 61.2 Å². The lowest BCUT2D eigenvalue weighted by atomic mass is 9.95. The van der Waals surface area contributed by atoms with Crippen LogP contribution in [0.15, 0.2) is 60.7 Å². The van der Waals surface area contributed by atoms with Crippen molar-refractivity contribution in [2.45, 2.75) is 64.6 Å². The summed E-state index contributed by atoms with van der Waals surface area (Å²) < 4.78 is 1.88. The van der Waals surface area contributed by atoms with Crippen LogP contribution in [0.3, 0.4) is 0 Å². The molecule has 4 aromatic rings. The predicted molar refractivity (Wildman–Crippen MR) is 149 cm³/mol. The van der Waals surface area contributed by atoms with Crippen LogP contribution in [0.1, 0.15) is 60.0 Å². The molecule has 0 aliphatic heterocycles.